The number of amides is 2. The number of aliphatic hydroxyl groups excluding tert-OH is 1. The monoisotopic (exact) mass is 503 g/mol. The summed E-state index contributed by atoms with van der Waals surface area (Å²) in [6.07, 6.45) is -0.121. The fourth-order valence-electron chi connectivity index (χ4n) is 4.60. The lowest BCUT2D eigenvalue weighted by Gasteiger charge is -2.39. The van der Waals surface area contributed by atoms with Gasteiger partial charge in [-0.3, -0.25) is 4.90 Å². The average molecular weight is 504 g/mol. The van der Waals surface area contributed by atoms with Gasteiger partial charge in [0.15, 0.2) is 6.29 Å². The van der Waals surface area contributed by atoms with E-state index in [9.17, 15) is 9.90 Å². The number of aliphatic hydroxyl groups is 1. The van der Waals surface area contributed by atoms with Gasteiger partial charge in [0.1, 0.15) is 0 Å². The number of likely N-dealkylation sites (N-methyl/N-ethyl adjacent to an activating group) is 1. The van der Waals surface area contributed by atoms with Crippen LogP contribution in [0.4, 0.5) is 10.5 Å². The molecule has 1 heterocycles. The van der Waals surface area contributed by atoms with Crippen molar-refractivity contribution >= 4 is 11.7 Å². The number of hydrogen-bond acceptors (Lipinski definition) is 5. The van der Waals surface area contributed by atoms with Gasteiger partial charge in [0, 0.05) is 36.8 Å². The highest BCUT2D eigenvalue weighted by Crippen LogP contribution is 2.39. The number of hydrogen-bond donors (Lipinski definition) is 3. The van der Waals surface area contributed by atoms with Gasteiger partial charge in [0.05, 0.1) is 18.8 Å². The Morgan fingerprint density at radius 2 is 1.78 bits per heavy atom. The van der Waals surface area contributed by atoms with Crippen LogP contribution in [0.15, 0.2) is 78.9 Å². The number of rotatable bonds is 9. The largest absolute Gasteiger partial charge is 0.392 e. The molecule has 2 amide bonds. The van der Waals surface area contributed by atoms with Crippen LogP contribution >= 0.6 is 0 Å². The smallest absolute Gasteiger partial charge is 0.319 e. The average Bonchev–Trinajstić information content (AvgIpc) is 2.93. The van der Waals surface area contributed by atoms with Crippen molar-refractivity contribution in [2.45, 2.75) is 51.4 Å². The highest BCUT2D eigenvalue weighted by Gasteiger charge is 2.33. The second-order valence-electron chi connectivity index (χ2n) is 9.49. The molecule has 0 saturated carbocycles. The van der Waals surface area contributed by atoms with Crippen molar-refractivity contribution < 1.29 is 19.4 Å². The van der Waals surface area contributed by atoms with Crippen molar-refractivity contribution in [1.82, 2.24) is 10.2 Å². The molecule has 37 heavy (non-hydrogen) atoms. The minimum atomic E-state index is -0.585. The standard InChI is InChI=1S/C30H37N3O4/c1-4-31-30(35)32-26-12-8-11-25(17-26)29-36-27(19-33(3)21(2)23-9-6-5-7-10-23)18-28(37-29)24-15-13-22(20-34)14-16-24/h5-17,21,27-29,34H,4,18-20H2,1-3H3,(H2,31,32,35). The van der Waals surface area contributed by atoms with E-state index in [2.05, 4.69) is 53.8 Å². The van der Waals surface area contributed by atoms with Crippen molar-refractivity contribution in [2.75, 3.05) is 25.5 Å². The number of nitrogens with zero attached hydrogens (tertiary/aromatic N) is 1. The second kappa shape index (κ2) is 12.8. The lowest BCUT2D eigenvalue weighted by atomic mass is 9.99. The molecule has 196 valence electrons. The highest BCUT2D eigenvalue weighted by atomic mass is 16.7. The van der Waals surface area contributed by atoms with Crippen molar-refractivity contribution in [1.29, 1.82) is 0 Å². The lowest BCUT2D eigenvalue weighted by Crippen LogP contribution is -2.38. The first-order valence-electron chi connectivity index (χ1n) is 12.9. The van der Waals surface area contributed by atoms with Crippen molar-refractivity contribution in [3.63, 3.8) is 0 Å². The summed E-state index contributed by atoms with van der Waals surface area (Å²) < 4.78 is 13.0. The zero-order valence-corrected chi connectivity index (χ0v) is 21.8. The Kier molecular flexibility index (Phi) is 9.30. The molecule has 4 unspecified atom stereocenters. The summed E-state index contributed by atoms with van der Waals surface area (Å²) in [4.78, 5) is 14.3. The molecule has 0 radical (unpaired) electrons. The number of benzene rings is 3. The molecule has 0 aromatic heterocycles. The van der Waals surface area contributed by atoms with Crippen molar-refractivity contribution in [2.24, 2.45) is 0 Å². The molecule has 3 aromatic carbocycles. The molecule has 3 N–H and O–H groups in total. The third-order valence-corrected chi connectivity index (χ3v) is 6.80. The molecule has 7 nitrogen and oxygen atoms in total. The normalized spacial score (nSPS) is 20.4. The van der Waals surface area contributed by atoms with Crippen molar-refractivity contribution in [3.8, 4) is 0 Å². The molecular formula is C30H37N3O4. The quantitative estimate of drug-likeness (QED) is 0.356. The summed E-state index contributed by atoms with van der Waals surface area (Å²) in [6, 6.07) is 25.9. The fourth-order valence-corrected chi connectivity index (χ4v) is 4.60. The third kappa shape index (κ3) is 7.17. The summed E-state index contributed by atoms with van der Waals surface area (Å²) in [7, 11) is 2.12. The van der Waals surface area contributed by atoms with Crippen LogP contribution in [0, 0.1) is 0 Å². The second-order valence-corrected chi connectivity index (χ2v) is 9.49. The van der Waals surface area contributed by atoms with Crippen molar-refractivity contribution in [3.05, 3.63) is 101 Å². The van der Waals surface area contributed by atoms with Crippen LogP contribution < -0.4 is 10.6 Å². The van der Waals surface area contributed by atoms with E-state index >= 15 is 0 Å². The summed E-state index contributed by atoms with van der Waals surface area (Å²) >= 11 is 0. The van der Waals surface area contributed by atoms with E-state index in [0.717, 1.165) is 23.2 Å². The zero-order valence-electron chi connectivity index (χ0n) is 21.8. The van der Waals surface area contributed by atoms with Crippen LogP contribution in [0.1, 0.15) is 61.0 Å². The Bertz CT molecular complexity index is 1140. The van der Waals surface area contributed by atoms with E-state index in [1.165, 1.54) is 5.56 Å². The minimum Gasteiger partial charge on any atom is -0.392 e. The summed E-state index contributed by atoms with van der Waals surface area (Å²) in [5.41, 5.74) is 4.69. The minimum absolute atomic E-state index is 0.00767. The van der Waals surface area contributed by atoms with Gasteiger partial charge in [-0.1, -0.05) is 66.7 Å². The number of anilines is 1. The molecule has 7 heteroatoms. The Morgan fingerprint density at radius 1 is 1.03 bits per heavy atom. The first-order chi connectivity index (χ1) is 18.0. The first kappa shape index (κ1) is 26.8. The van der Waals surface area contributed by atoms with E-state index in [1.807, 2.05) is 61.5 Å². The highest BCUT2D eigenvalue weighted by molar-refractivity contribution is 5.89. The number of carbonyl (C=O) groups is 1. The predicted molar refractivity (Wildman–Crippen MR) is 145 cm³/mol. The molecule has 1 saturated heterocycles. The maximum Gasteiger partial charge on any atom is 0.319 e. The van der Waals surface area contributed by atoms with E-state index in [-0.39, 0.29) is 30.9 Å². The SMILES string of the molecule is CCNC(=O)Nc1cccc(C2OC(CN(C)C(C)c3ccccc3)CC(c3ccc(CO)cc3)O2)c1. The van der Waals surface area contributed by atoms with Gasteiger partial charge in [-0.25, -0.2) is 4.79 Å². The Labute approximate surface area is 219 Å². The maximum atomic E-state index is 12.0. The fraction of sp³-hybridized carbons (Fsp3) is 0.367. The van der Waals surface area contributed by atoms with Gasteiger partial charge >= 0.3 is 6.03 Å². The Morgan fingerprint density at radius 3 is 2.49 bits per heavy atom. The third-order valence-electron chi connectivity index (χ3n) is 6.80. The molecule has 1 aliphatic heterocycles. The number of nitrogens with one attached hydrogen (secondary N) is 2. The van der Waals surface area contributed by atoms with Gasteiger partial charge in [-0.2, -0.15) is 0 Å². The molecule has 0 spiro atoms. The van der Waals surface area contributed by atoms with Crippen LogP contribution in [0.2, 0.25) is 0 Å². The topological polar surface area (TPSA) is 83.1 Å². The molecule has 3 aromatic rings. The zero-order chi connectivity index (χ0) is 26.2. The van der Waals surface area contributed by atoms with Crippen LogP contribution in [0.5, 0.6) is 0 Å². The van der Waals surface area contributed by atoms with Crippen LogP contribution in [0.25, 0.3) is 0 Å². The van der Waals surface area contributed by atoms with Crippen LogP contribution in [-0.2, 0) is 16.1 Å². The predicted octanol–water partition coefficient (Wildman–Crippen LogP) is 5.56. The molecule has 0 aliphatic carbocycles. The van der Waals surface area contributed by atoms with Gasteiger partial charge in [-0.05, 0) is 49.7 Å². The van der Waals surface area contributed by atoms with Gasteiger partial charge < -0.3 is 25.2 Å². The van der Waals surface area contributed by atoms with Crippen LogP contribution in [0.3, 0.4) is 0 Å². The van der Waals surface area contributed by atoms with E-state index in [0.29, 0.717) is 18.7 Å². The molecule has 0 bridgehead atoms. The lowest BCUT2D eigenvalue weighted by molar-refractivity contribution is -0.253. The van der Waals surface area contributed by atoms with Gasteiger partial charge in [0.2, 0.25) is 0 Å². The molecular weight excluding hydrogens is 466 g/mol. The van der Waals surface area contributed by atoms with E-state index in [1.54, 1.807) is 0 Å². The Balaban J connectivity index is 1.55. The number of urea groups is 1. The summed E-state index contributed by atoms with van der Waals surface area (Å²) in [5, 5.41) is 15.1. The first-order valence-corrected chi connectivity index (χ1v) is 12.9. The molecule has 1 aliphatic rings. The Hall–Kier alpha value is -3.23. The summed E-state index contributed by atoms with van der Waals surface area (Å²) in [6.45, 7) is 5.37. The van der Waals surface area contributed by atoms with E-state index in [4.69, 9.17) is 9.47 Å². The number of ether oxygens (including phenoxy) is 2. The van der Waals surface area contributed by atoms with E-state index < -0.39 is 6.29 Å². The molecule has 1 fully saturated rings. The van der Waals surface area contributed by atoms with Gasteiger partial charge in [-0.15, -0.1) is 0 Å². The molecule has 4 atom stereocenters. The molecule has 4 rings (SSSR count). The van der Waals surface area contributed by atoms with Crippen LogP contribution in [-0.4, -0.2) is 42.3 Å². The summed E-state index contributed by atoms with van der Waals surface area (Å²) in [5.74, 6) is 0. The maximum absolute atomic E-state index is 12.0. The van der Waals surface area contributed by atoms with Gasteiger partial charge in [0.25, 0.3) is 0 Å². The number of carbonyl (C=O) groups excluding carboxylic acids is 1.